The highest BCUT2D eigenvalue weighted by Crippen LogP contribution is 2.24. The summed E-state index contributed by atoms with van der Waals surface area (Å²) in [4.78, 5) is 11.8. The van der Waals surface area contributed by atoms with Crippen LogP contribution in [-0.2, 0) is 22.4 Å². The minimum Gasteiger partial charge on any atom is -0.772 e. The van der Waals surface area contributed by atoms with Gasteiger partial charge in [0.05, 0.1) is 11.6 Å². The number of hydrogen-bond donors (Lipinski definition) is 2. The van der Waals surface area contributed by atoms with Crippen LogP contribution >= 0.6 is 11.6 Å². The third kappa shape index (κ3) is 4.60. The minimum atomic E-state index is -2.42. The van der Waals surface area contributed by atoms with E-state index in [0.717, 1.165) is 5.56 Å². The van der Waals surface area contributed by atoms with Crippen LogP contribution in [0.4, 0.5) is 0 Å². The molecule has 130 valence electrons. The first-order valence-corrected chi connectivity index (χ1v) is 8.63. The van der Waals surface area contributed by atoms with Gasteiger partial charge in [-0.2, -0.15) is 0 Å². The second kappa shape index (κ2) is 7.84. The Morgan fingerprint density at radius 3 is 2.71 bits per heavy atom. The molecular weight excluding hydrogens is 356 g/mol. The number of hydrogen-bond acceptors (Lipinski definition) is 6. The predicted molar refractivity (Wildman–Crippen MR) is 86.9 cm³/mol. The number of halogens is 1. The maximum Gasteiger partial charge on any atom is 0.250 e. The monoisotopic (exact) mass is 371 g/mol. The van der Waals surface area contributed by atoms with Gasteiger partial charge < -0.3 is 4.55 Å². The van der Waals surface area contributed by atoms with Crippen molar-refractivity contribution in [2.45, 2.75) is 19.9 Å². The number of aryl methyl sites for hydroxylation is 1. The molecule has 2 N–H and O–H groups in total. The summed E-state index contributed by atoms with van der Waals surface area (Å²) in [7, 11) is 0. The molecule has 0 aliphatic heterocycles. The number of nitrogens with one attached hydrogen (secondary N) is 1. The Hall–Kier alpha value is -1.81. The van der Waals surface area contributed by atoms with Crippen molar-refractivity contribution in [3.8, 4) is 11.3 Å². The normalized spacial score (nSPS) is 14.8. The zero-order valence-electron chi connectivity index (χ0n) is 12.8. The Morgan fingerprint density at radius 2 is 2.12 bits per heavy atom. The van der Waals surface area contributed by atoms with E-state index in [1.165, 1.54) is 17.1 Å². The van der Waals surface area contributed by atoms with Gasteiger partial charge in [-0.25, -0.2) is 5.48 Å². The van der Waals surface area contributed by atoms with Gasteiger partial charge in [0.15, 0.2) is 0 Å². The van der Waals surface area contributed by atoms with Crippen molar-refractivity contribution in [1.82, 2.24) is 20.5 Å². The molecule has 2 unspecified atom stereocenters. The Morgan fingerprint density at radius 1 is 1.46 bits per heavy atom. The summed E-state index contributed by atoms with van der Waals surface area (Å²) in [5.74, 6) is -1.16. The van der Waals surface area contributed by atoms with E-state index < -0.39 is 28.2 Å². The molecule has 1 heterocycles. The summed E-state index contributed by atoms with van der Waals surface area (Å²) >= 11 is 3.42. The topological polar surface area (TPSA) is 120 Å². The van der Waals surface area contributed by atoms with Crippen molar-refractivity contribution in [1.29, 1.82) is 0 Å². The smallest absolute Gasteiger partial charge is 0.250 e. The van der Waals surface area contributed by atoms with Crippen LogP contribution in [0.5, 0.6) is 0 Å². The first-order valence-electron chi connectivity index (χ1n) is 7.00. The molecule has 0 bridgehead atoms. The SMILES string of the molecule is CC(CCn1cc(-c2ccc(Cl)cc2)nn1)(CS(=O)[O-])C(=O)NO. The lowest BCUT2D eigenvalue weighted by molar-refractivity contribution is -0.138. The molecule has 2 atom stereocenters. The molecule has 1 amide bonds. The molecule has 10 heteroatoms. The van der Waals surface area contributed by atoms with E-state index in [4.69, 9.17) is 16.8 Å². The fraction of sp³-hybridized carbons (Fsp3) is 0.357. The highest BCUT2D eigenvalue weighted by molar-refractivity contribution is 7.79. The number of rotatable bonds is 7. The second-order valence-electron chi connectivity index (χ2n) is 5.57. The third-order valence-corrected chi connectivity index (χ3v) is 4.78. The van der Waals surface area contributed by atoms with Crippen molar-refractivity contribution in [3.05, 3.63) is 35.5 Å². The van der Waals surface area contributed by atoms with Crippen LogP contribution in [0.1, 0.15) is 13.3 Å². The zero-order valence-corrected chi connectivity index (χ0v) is 14.4. The number of nitrogens with zero attached hydrogens (tertiary/aromatic N) is 3. The third-order valence-electron chi connectivity index (χ3n) is 3.66. The fourth-order valence-electron chi connectivity index (χ4n) is 2.17. The number of carbonyl (C=O) groups excluding carboxylic acids is 1. The zero-order chi connectivity index (χ0) is 17.7. The van der Waals surface area contributed by atoms with E-state index in [0.29, 0.717) is 10.7 Å². The summed E-state index contributed by atoms with van der Waals surface area (Å²) in [6, 6.07) is 7.09. The van der Waals surface area contributed by atoms with Gasteiger partial charge in [0.2, 0.25) is 5.91 Å². The first-order chi connectivity index (χ1) is 11.3. The van der Waals surface area contributed by atoms with Crippen LogP contribution in [0.3, 0.4) is 0 Å². The van der Waals surface area contributed by atoms with Gasteiger partial charge in [0, 0.05) is 22.9 Å². The molecule has 0 aliphatic rings. The van der Waals surface area contributed by atoms with Gasteiger partial charge in [0.25, 0.3) is 0 Å². The molecule has 1 aromatic heterocycles. The van der Waals surface area contributed by atoms with Gasteiger partial charge in [-0.1, -0.05) is 40.0 Å². The molecule has 2 aromatic rings. The van der Waals surface area contributed by atoms with E-state index >= 15 is 0 Å². The lowest BCUT2D eigenvalue weighted by Crippen LogP contribution is -2.42. The lowest BCUT2D eigenvalue weighted by atomic mass is 9.88. The number of benzene rings is 1. The van der Waals surface area contributed by atoms with Crippen LogP contribution in [0, 0.1) is 5.41 Å². The van der Waals surface area contributed by atoms with Crippen molar-refractivity contribution in [2.75, 3.05) is 5.75 Å². The van der Waals surface area contributed by atoms with Gasteiger partial charge in [-0.3, -0.25) is 18.9 Å². The van der Waals surface area contributed by atoms with E-state index in [-0.39, 0.29) is 13.0 Å². The summed E-state index contributed by atoms with van der Waals surface area (Å²) in [6.07, 6.45) is 1.85. The fourth-order valence-corrected chi connectivity index (χ4v) is 3.09. The highest BCUT2D eigenvalue weighted by atomic mass is 35.5. The average molecular weight is 372 g/mol. The Bertz CT molecular complexity index is 737. The standard InChI is InChI=1S/C14H17ClN4O4S/c1-14(9-24(22)23,13(20)17-21)6-7-19-8-12(16-18-19)10-2-4-11(15)5-3-10/h2-5,8,21H,6-7,9H2,1H3,(H,17,20)(H,22,23)/p-1. The number of carbonyl (C=O) groups is 1. The number of hydroxylamine groups is 1. The largest absolute Gasteiger partial charge is 0.772 e. The highest BCUT2D eigenvalue weighted by Gasteiger charge is 2.33. The Kier molecular flexibility index (Phi) is 6.05. The molecule has 0 saturated carbocycles. The average Bonchev–Trinajstić information content (AvgIpc) is 3.01. The van der Waals surface area contributed by atoms with E-state index in [1.54, 1.807) is 30.5 Å². The molecule has 0 aliphatic carbocycles. The van der Waals surface area contributed by atoms with Crippen LogP contribution in [0.2, 0.25) is 5.02 Å². The Balaban J connectivity index is 2.09. The number of amides is 1. The molecule has 0 radical (unpaired) electrons. The summed E-state index contributed by atoms with van der Waals surface area (Å²) in [5.41, 5.74) is 1.71. The molecule has 0 fully saturated rings. The molecular formula is C14H16ClN4O4S-. The molecule has 2 rings (SSSR count). The van der Waals surface area contributed by atoms with Crippen molar-refractivity contribution in [2.24, 2.45) is 5.41 Å². The van der Waals surface area contributed by atoms with Crippen molar-refractivity contribution < 1.29 is 18.8 Å². The van der Waals surface area contributed by atoms with Gasteiger partial charge >= 0.3 is 0 Å². The van der Waals surface area contributed by atoms with Crippen LogP contribution < -0.4 is 5.48 Å². The van der Waals surface area contributed by atoms with E-state index in [1.807, 2.05) is 0 Å². The summed E-state index contributed by atoms with van der Waals surface area (Å²) < 4.78 is 23.4. The van der Waals surface area contributed by atoms with Crippen molar-refractivity contribution in [3.63, 3.8) is 0 Å². The molecule has 8 nitrogen and oxygen atoms in total. The molecule has 1 aromatic carbocycles. The van der Waals surface area contributed by atoms with Crippen LogP contribution in [0.15, 0.2) is 30.5 Å². The maximum absolute atomic E-state index is 11.8. The van der Waals surface area contributed by atoms with Gasteiger partial charge in [-0.15, -0.1) is 5.10 Å². The van der Waals surface area contributed by atoms with Gasteiger partial charge in [0.1, 0.15) is 5.69 Å². The predicted octanol–water partition coefficient (Wildman–Crippen LogP) is 1.38. The van der Waals surface area contributed by atoms with Crippen LogP contribution in [0.25, 0.3) is 11.3 Å². The van der Waals surface area contributed by atoms with E-state index in [9.17, 15) is 13.6 Å². The quantitative estimate of drug-likeness (QED) is 0.431. The summed E-state index contributed by atoms with van der Waals surface area (Å²) in [6.45, 7) is 1.73. The summed E-state index contributed by atoms with van der Waals surface area (Å²) in [5, 5.41) is 17.4. The van der Waals surface area contributed by atoms with E-state index in [2.05, 4.69) is 10.3 Å². The Labute approximate surface area is 146 Å². The molecule has 24 heavy (non-hydrogen) atoms. The maximum atomic E-state index is 11.8. The lowest BCUT2D eigenvalue weighted by Gasteiger charge is -2.27. The second-order valence-corrected chi connectivity index (χ2v) is 6.91. The minimum absolute atomic E-state index is 0.163. The van der Waals surface area contributed by atoms with Gasteiger partial charge in [-0.05, 0) is 25.5 Å². The van der Waals surface area contributed by atoms with Crippen molar-refractivity contribution >= 4 is 28.6 Å². The number of aromatic nitrogens is 3. The molecule has 0 saturated heterocycles. The first kappa shape index (κ1) is 18.5. The molecule has 0 spiro atoms. The van der Waals surface area contributed by atoms with Crippen LogP contribution in [-0.4, -0.2) is 40.6 Å².